The van der Waals surface area contributed by atoms with Gasteiger partial charge in [-0.2, -0.15) is 4.31 Å². The van der Waals surface area contributed by atoms with Crippen LogP contribution in [-0.4, -0.2) is 25.3 Å². The lowest BCUT2D eigenvalue weighted by molar-refractivity contribution is 0.0827. The van der Waals surface area contributed by atoms with Gasteiger partial charge in [0.15, 0.2) is 0 Å². The van der Waals surface area contributed by atoms with Crippen LogP contribution in [0.3, 0.4) is 0 Å². The van der Waals surface area contributed by atoms with E-state index in [-0.39, 0.29) is 6.04 Å². The number of nitrogens with zero attached hydrogens (tertiary/aromatic N) is 1. The number of piperidine rings is 1. The fraction of sp³-hybridized carbons (Fsp3) is 0.647. The molecule has 1 aliphatic heterocycles. The van der Waals surface area contributed by atoms with Gasteiger partial charge in [-0.15, -0.1) is 0 Å². The third-order valence-corrected chi connectivity index (χ3v) is 7.45. The molecule has 0 aromatic heterocycles. The molecule has 3 nitrogen and oxygen atoms in total. The first-order valence-electron chi connectivity index (χ1n) is 8.09. The quantitative estimate of drug-likeness (QED) is 0.837. The van der Waals surface area contributed by atoms with Crippen LogP contribution in [-0.2, 0) is 10.0 Å². The zero-order valence-corrected chi connectivity index (χ0v) is 13.8. The standard InChI is InChI=1S/C17H25NO2S/c1-13-11-12-18(16-9-5-4-8-15(13)16)21(19,20)17-10-6-3-7-14(17)2/h3,6-7,10,13,15-16H,4-5,8-9,11-12H2,1-2H3. The first kappa shape index (κ1) is 15.0. The zero-order chi connectivity index (χ0) is 15.0. The second-order valence-corrected chi connectivity index (χ2v) is 8.52. The Bertz CT molecular complexity index is 611. The predicted octanol–water partition coefficient (Wildman–Crippen LogP) is 3.58. The molecular formula is C17H25NO2S. The molecule has 3 atom stereocenters. The van der Waals surface area contributed by atoms with Crippen LogP contribution < -0.4 is 0 Å². The number of rotatable bonds is 2. The second kappa shape index (κ2) is 5.73. The first-order chi connectivity index (χ1) is 10.0. The molecule has 1 aliphatic carbocycles. The van der Waals surface area contributed by atoms with E-state index in [1.54, 1.807) is 6.07 Å². The van der Waals surface area contributed by atoms with E-state index >= 15 is 0 Å². The number of aryl methyl sites for hydroxylation is 1. The average Bonchev–Trinajstić information content (AvgIpc) is 2.48. The van der Waals surface area contributed by atoms with Crippen LogP contribution in [0.4, 0.5) is 0 Å². The van der Waals surface area contributed by atoms with Gasteiger partial charge in [-0.05, 0) is 49.7 Å². The van der Waals surface area contributed by atoms with Gasteiger partial charge in [-0.3, -0.25) is 0 Å². The molecule has 21 heavy (non-hydrogen) atoms. The Morgan fingerprint density at radius 1 is 1.10 bits per heavy atom. The molecule has 2 fully saturated rings. The Kier molecular flexibility index (Phi) is 4.10. The summed E-state index contributed by atoms with van der Waals surface area (Å²) in [5, 5.41) is 0. The van der Waals surface area contributed by atoms with E-state index < -0.39 is 10.0 Å². The lowest BCUT2D eigenvalue weighted by atomic mass is 9.74. The van der Waals surface area contributed by atoms with Crippen molar-refractivity contribution in [3.63, 3.8) is 0 Å². The van der Waals surface area contributed by atoms with Crippen molar-refractivity contribution in [2.24, 2.45) is 11.8 Å². The van der Waals surface area contributed by atoms with Crippen LogP contribution in [0.15, 0.2) is 29.2 Å². The molecule has 3 unspecified atom stereocenters. The minimum absolute atomic E-state index is 0.215. The van der Waals surface area contributed by atoms with Crippen molar-refractivity contribution in [2.45, 2.75) is 56.9 Å². The third kappa shape index (κ3) is 2.64. The highest BCUT2D eigenvalue weighted by molar-refractivity contribution is 7.89. The molecule has 116 valence electrons. The Morgan fingerprint density at radius 2 is 1.81 bits per heavy atom. The lowest BCUT2D eigenvalue weighted by Gasteiger charge is -2.46. The number of sulfonamides is 1. The van der Waals surface area contributed by atoms with Crippen LogP contribution in [0.25, 0.3) is 0 Å². The minimum Gasteiger partial charge on any atom is -0.207 e. The summed E-state index contributed by atoms with van der Waals surface area (Å²) in [5.74, 6) is 1.20. The van der Waals surface area contributed by atoms with E-state index in [4.69, 9.17) is 0 Å². The zero-order valence-electron chi connectivity index (χ0n) is 13.0. The van der Waals surface area contributed by atoms with Gasteiger partial charge in [-0.1, -0.05) is 38.0 Å². The van der Waals surface area contributed by atoms with Crippen molar-refractivity contribution in [3.8, 4) is 0 Å². The Hall–Kier alpha value is -0.870. The van der Waals surface area contributed by atoms with E-state index in [9.17, 15) is 8.42 Å². The molecule has 2 aliphatic rings. The van der Waals surface area contributed by atoms with Gasteiger partial charge in [0.25, 0.3) is 0 Å². The summed E-state index contributed by atoms with van der Waals surface area (Å²) >= 11 is 0. The maximum atomic E-state index is 13.1. The Morgan fingerprint density at radius 3 is 2.57 bits per heavy atom. The Balaban J connectivity index is 1.97. The molecule has 0 bridgehead atoms. The molecule has 1 saturated carbocycles. The topological polar surface area (TPSA) is 37.4 Å². The van der Waals surface area contributed by atoms with Gasteiger partial charge >= 0.3 is 0 Å². The highest BCUT2D eigenvalue weighted by Gasteiger charge is 2.43. The summed E-state index contributed by atoms with van der Waals surface area (Å²) in [4.78, 5) is 0.490. The molecule has 0 N–H and O–H groups in total. The summed E-state index contributed by atoms with van der Waals surface area (Å²) in [6, 6.07) is 7.58. The van der Waals surface area contributed by atoms with Crippen LogP contribution in [0.5, 0.6) is 0 Å². The minimum atomic E-state index is -3.35. The van der Waals surface area contributed by atoms with E-state index in [1.165, 1.54) is 12.8 Å². The maximum absolute atomic E-state index is 13.1. The van der Waals surface area contributed by atoms with Crippen molar-refractivity contribution in [1.29, 1.82) is 0 Å². The van der Waals surface area contributed by atoms with Gasteiger partial charge in [-0.25, -0.2) is 8.42 Å². The van der Waals surface area contributed by atoms with Gasteiger partial charge in [0.2, 0.25) is 10.0 Å². The summed E-state index contributed by atoms with van der Waals surface area (Å²) in [6.45, 7) is 4.86. The SMILES string of the molecule is Cc1ccccc1S(=O)(=O)N1CCC(C)C2CCCCC21. The number of hydrogen-bond donors (Lipinski definition) is 0. The van der Waals surface area contributed by atoms with Crippen molar-refractivity contribution >= 4 is 10.0 Å². The van der Waals surface area contributed by atoms with E-state index in [0.29, 0.717) is 23.3 Å². The van der Waals surface area contributed by atoms with Crippen LogP contribution >= 0.6 is 0 Å². The molecule has 0 amide bonds. The molecule has 4 heteroatoms. The molecule has 1 aromatic rings. The predicted molar refractivity (Wildman–Crippen MR) is 84.6 cm³/mol. The highest BCUT2D eigenvalue weighted by Crippen LogP contribution is 2.41. The van der Waals surface area contributed by atoms with E-state index in [0.717, 1.165) is 24.8 Å². The monoisotopic (exact) mass is 307 g/mol. The second-order valence-electron chi connectivity index (χ2n) is 6.66. The number of fused-ring (bicyclic) bond motifs is 1. The van der Waals surface area contributed by atoms with Gasteiger partial charge in [0.05, 0.1) is 4.90 Å². The molecule has 3 rings (SSSR count). The third-order valence-electron chi connectivity index (χ3n) is 5.37. The molecule has 1 heterocycles. The smallest absolute Gasteiger partial charge is 0.207 e. The summed E-state index contributed by atoms with van der Waals surface area (Å²) in [6.07, 6.45) is 5.62. The van der Waals surface area contributed by atoms with Crippen molar-refractivity contribution in [2.75, 3.05) is 6.54 Å². The fourth-order valence-electron chi connectivity index (χ4n) is 4.14. The van der Waals surface area contributed by atoms with Crippen molar-refractivity contribution in [1.82, 2.24) is 4.31 Å². The van der Waals surface area contributed by atoms with Crippen LogP contribution in [0.2, 0.25) is 0 Å². The van der Waals surface area contributed by atoms with Crippen LogP contribution in [0, 0.1) is 18.8 Å². The fourth-order valence-corrected chi connectivity index (χ4v) is 6.08. The molecule has 0 radical (unpaired) electrons. The van der Waals surface area contributed by atoms with E-state index in [2.05, 4.69) is 6.92 Å². The van der Waals surface area contributed by atoms with Gasteiger partial charge < -0.3 is 0 Å². The summed E-state index contributed by atoms with van der Waals surface area (Å²) in [7, 11) is -3.35. The lowest BCUT2D eigenvalue weighted by Crippen LogP contribution is -2.52. The maximum Gasteiger partial charge on any atom is 0.243 e. The van der Waals surface area contributed by atoms with Crippen LogP contribution in [0.1, 0.15) is 44.6 Å². The molecule has 0 spiro atoms. The summed E-state index contributed by atoms with van der Waals surface area (Å²) in [5.41, 5.74) is 0.850. The Labute approximate surface area is 128 Å². The highest BCUT2D eigenvalue weighted by atomic mass is 32.2. The van der Waals surface area contributed by atoms with E-state index in [1.807, 2.05) is 29.4 Å². The number of benzene rings is 1. The van der Waals surface area contributed by atoms with Gasteiger partial charge in [0, 0.05) is 12.6 Å². The molecular weight excluding hydrogens is 282 g/mol. The molecule has 1 saturated heterocycles. The normalized spacial score (nSPS) is 30.9. The van der Waals surface area contributed by atoms with Crippen molar-refractivity contribution < 1.29 is 8.42 Å². The molecule has 1 aromatic carbocycles. The van der Waals surface area contributed by atoms with Gasteiger partial charge in [0.1, 0.15) is 0 Å². The first-order valence-corrected chi connectivity index (χ1v) is 9.53. The largest absolute Gasteiger partial charge is 0.243 e. The summed E-state index contributed by atoms with van der Waals surface area (Å²) < 4.78 is 28.0. The average molecular weight is 307 g/mol. The number of hydrogen-bond acceptors (Lipinski definition) is 2. The van der Waals surface area contributed by atoms with Crippen molar-refractivity contribution in [3.05, 3.63) is 29.8 Å².